The molecular formula is C22H38N2-2. The van der Waals surface area contributed by atoms with Crippen LogP contribution in [0.3, 0.4) is 0 Å². The lowest BCUT2D eigenvalue weighted by Crippen LogP contribution is -2.56. The second-order valence-corrected chi connectivity index (χ2v) is 9.90. The van der Waals surface area contributed by atoms with Crippen molar-refractivity contribution >= 4 is 0 Å². The Morgan fingerprint density at radius 1 is 1.25 bits per heavy atom. The molecule has 0 radical (unpaired) electrons. The molecule has 3 fully saturated rings. The van der Waals surface area contributed by atoms with E-state index >= 15 is 0 Å². The third-order valence-electron chi connectivity index (χ3n) is 8.20. The zero-order chi connectivity index (χ0) is 17.7. The summed E-state index contributed by atoms with van der Waals surface area (Å²) in [5.74, 6) is 4.80. The first-order chi connectivity index (χ1) is 11.2. The first-order valence-electron chi connectivity index (χ1n) is 10.1. The second kappa shape index (κ2) is 6.43. The van der Waals surface area contributed by atoms with E-state index in [1.807, 2.05) is 7.05 Å². The van der Waals surface area contributed by atoms with E-state index in [2.05, 4.69) is 46.6 Å². The molecule has 0 heterocycles. The SMILES string of the molecule is C=C1CC[C@@H]2[C@@H]3[C@@H](CC[C@]2(C)[N-]C)[C@H](C)C[C@H](CC(C)(C)[N-]C)[C@@H]13. The molecule has 0 aromatic rings. The molecule has 2 heteroatoms. The van der Waals surface area contributed by atoms with Crippen LogP contribution in [-0.2, 0) is 0 Å². The van der Waals surface area contributed by atoms with E-state index in [-0.39, 0.29) is 11.1 Å². The summed E-state index contributed by atoms with van der Waals surface area (Å²) >= 11 is 0. The Hall–Kier alpha value is -0.340. The van der Waals surface area contributed by atoms with E-state index in [0.717, 1.165) is 29.6 Å². The van der Waals surface area contributed by atoms with Crippen molar-refractivity contribution in [2.75, 3.05) is 14.1 Å². The summed E-state index contributed by atoms with van der Waals surface area (Å²) in [7, 11) is 4.04. The van der Waals surface area contributed by atoms with Crippen LogP contribution in [0.4, 0.5) is 0 Å². The molecule has 0 saturated heterocycles. The van der Waals surface area contributed by atoms with Crippen LogP contribution in [0.5, 0.6) is 0 Å². The van der Waals surface area contributed by atoms with E-state index in [1.54, 1.807) is 5.57 Å². The minimum Gasteiger partial charge on any atom is -0.660 e. The highest BCUT2D eigenvalue weighted by atomic mass is 15.0. The fourth-order valence-electron chi connectivity index (χ4n) is 6.68. The summed E-state index contributed by atoms with van der Waals surface area (Å²) in [5.41, 5.74) is 1.84. The summed E-state index contributed by atoms with van der Waals surface area (Å²) in [4.78, 5) is 0. The maximum absolute atomic E-state index is 4.91. The summed E-state index contributed by atoms with van der Waals surface area (Å²) in [5, 5.41) is 9.58. The lowest BCUT2D eigenvalue weighted by molar-refractivity contribution is -0.0552. The molecule has 138 valence electrons. The van der Waals surface area contributed by atoms with Gasteiger partial charge in [0.15, 0.2) is 0 Å². The highest BCUT2D eigenvalue weighted by Gasteiger charge is 2.53. The normalized spacial score (nSPS) is 45.8. The highest BCUT2D eigenvalue weighted by Crippen LogP contribution is 2.62. The molecule has 3 aliphatic rings. The summed E-state index contributed by atoms with van der Waals surface area (Å²) in [6.07, 6.45) is 7.78. The van der Waals surface area contributed by atoms with Crippen LogP contribution in [-0.4, -0.2) is 25.2 Å². The van der Waals surface area contributed by atoms with Crippen molar-refractivity contribution < 1.29 is 0 Å². The van der Waals surface area contributed by atoms with Crippen molar-refractivity contribution in [1.29, 1.82) is 0 Å². The van der Waals surface area contributed by atoms with Gasteiger partial charge >= 0.3 is 0 Å². The number of hydrogen-bond acceptors (Lipinski definition) is 0. The summed E-state index contributed by atoms with van der Waals surface area (Å²) < 4.78 is 0. The van der Waals surface area contributed by atoms with E-state index in [0.29, 0.717) is 5.92 Å². The molecule has 2 nitrogen and oxygen atoms in total. The Kier molecular flexibility index (Phi) is 4.94. The van der Waals surface area contributed by atoms with Gasteiger partial charge in [-0.3, -0.25) is 0 Å². The van der Waals surface area contributed by atoms with Crippen LogP contribution in [0.15, 0.2) is 12.2 Å². The van der Waals surface area contributed by atoms with Crippen LogP contribution in [0.25, 0.3) is 10.6 Å². The van der Waals surface area contributed by atoms with Crippen molar-refractivity contribution in [3.63, 3.8) is 0 Å². The predicted molar refractivity (Wildman–Crippen MR) is 105 cm³/mol. The first kappa shape index (κ1) is 18.5. The van der Waals surface area contributed by atoms with Gasteiger partial charge in [0, 0.05) is 0 Å². The monoisotopic (exact) mass is 330 g/mol. The Morgan fingerprint density at radius 3 is 2.58 bits per heavy atom. The number of allylic oxidation sites excluding steroid dienone is 1. The Labute approximate surface area is 150 Å². The maximum Gasteiger partial charge on any atom is -0.0145 e. The zero-order valence-corrected chi connectivity index (χ0v) is 16.8. The Balaban J connectivity index is 1.93. The third-order valence-corrected chi connectivity index (χ3v) is 8.20. The molecule has 0 amide bonds. The molecule has 0 unspecified atom stereocenters. The van der Waals surface area contributed by atoms with Crippen LogP contribution < -0.4 is 0 Å². The van der Waals surface area contributed by atoms with Crippen molar-refractivity contribution in [3.8, 4) is 0 Å². The molecule has 0 aromatic carbocycles. The van der Waals surface area contributed by atoms with Crippen molar-refractivity contribution in [1.82, 2.24) is 0 Å². The van der Waals surface area contributed by atoms with Crippen LogP contribution in [0, 0.1) is 35.5 Å². The molecule has 0 aromatic heterocycles. The van der Waals surface area contributed by atoms with Gasteiger partial charge in [0.05, 0.1) is 0 Å². The van der Waals surface area contributed by atoms with E-state index in [9.17, 15) is 0 Å². The average Bonchev–Trinajstić information content (AvgIpc) is 2.53. The van der Waals surface area contributed by atoms with Crippen molar-refractivity contribution in [3.05, 3.63) is 22.8 Å². The van der Waals surface area contributed by atoms with Crippen molar-refractivity contribution in [2.24, 2.45) is 35.5 Å². The fraction of sp³-hybridized carbons (Fsp3) is 0.909. The van der Waals surface area contributed by atoms with Gasteiger partial charge in [-0.05, 0) is 48.9 Å². The predicted octanol–water partition coefficient (Wildman–Crippen LogP) is 6.19. The molecule has 3 aliphatic carbocycles. The zero-order valence-electron chi connectivity index (χ0n) is 16.8. The molecule has 24 heavy (non-hydrogen) atoms. The Morgan fingerprint density at radius 2 is 1.96 bits per heavy atom. The molecular weight excluding hydrogens is 292 g/mol. The fourth-order valence-corrected chi connectivity index (χ4v) is 6.68. The van der Waals surface area contributed by atoms with Crippen LogP contribution >= 0.6 is 0 Å². The lowest BCUT2D eigenvalue weighted by Gasteiger charge is -2.65. The standard InChI is InChI=1S/C22H38N2/c1-14-8-9-18-20-17(10-11-22(18,5)24-7)15(2)12-16(19(14)20)13-21(3,4)23-6/h15-20H,1,8-13H2,2-7H3/q-2/t15-,16-,17+,18-,19-,20+,22+/m1/s1. The average molecular weight is 331 g/mol. The largest absolute Gasteiger partial charge is 0.660 e. The van der Waals surface area contributed by atoms with Gasteiger partial charge in [0.25, 0.3) is 0 Å². The smallest absolute Gasteiger partial charge is 0.0145 e. The van der Waals surface area contributed by atoms with E-state index < -0.39 is 0 Å². The minimum atomic E-state index is 0.0948. The van der Waals surface area contributed by atoms with Gasteiger partial charge in [-0.15, -0.1) is 11.1 Å². The minimum absolute atomic E-state index is 0.0948. The topological polar surface area (TPSA) is 28.2 Å². The molecule has 0 N–H and O–H groups in total. The molecule has 0 spiro atoms. The summed E-state index contributed by atoms with van der Waals surface area (Å²) in [6.45, 7) is 14.1. The lowest BCUT2D eigenvalue weighted by atomic mass is 9.46. The van der Waals surface area contributed by atoms with Gasteiger partial charge < -0.3 is 10.6 Å². The number of rotatable bonds is 4. The molecule has 3 rings (SSSR count). The third kappa shape index (κ3) is 2.98. The quantitative estimate of drug-likeness (QED) is 0.550. The summed E-state index contributed by atoms with van der Waals surface area (Å²) in [6, 6.07) is 0. The van der Waals surface area contributed by atoms with E-state index in [1.165, 1.54) is 38.5 Å². The van der Waals surface area contributed by atoms with Gasteiger partial charge in [-0.25, -0.2) is 0 Å². The van der Waals surface area contributed by atoms with Gasteiger partial charge in [0.2, 0.25) is 0 Å². The molecule has 0 aliphatic heterocycles. The Bertz CT molecular complexity index is 482. The van der Waals surface area contributed by atoms with Crippen LogP contribution in [0.2, 0.25) is 0 Å². The maximum atomic E-state index is 4.91. The second-order valence-electron chi connectivity index (χ2n) is 9.90. The number of nitrogens with zero attached hydrogens (tertiary/aromatic N) is 2. The highest BCUT2D eigenvalue weighted by molar-refractivity contribution is 5.22. The van der Waals surface area contributed by atoms with Gasteiger partial charge in [-0.2, -0.15) is 14.1 Å². The van der Waals surface area contributed by atoms with Crippen molar-refractivity contribution in [2.45, 2.75) is 77.3 Å². The molecule has 0 bridgehead atoms. The number of hydrogen-bond donors (Lipinski definition) is 0. The van der Waals surface area contributed by atoms with Crippen LogP contribution in [0.1, 0.15) is 66.2 Å². The van der Waals surface area contributed by atoms with Gasteiger partial charge in [-0.1, -0.05) is 65.0 Å². The van der Waals surface area contributed by atoms with Gasteiger partial charge in [0.1, 0.15) is 0 Å². The van der Waals surface area contributed by atoms with E-state index in [4.69, 9.17) is 5.32 Å². The first-order valence-corrected chi connectivity index (χ1v) is 10.1. The molecule has 3 saturated carbocycles. The molecule has 7 atom stereocenters.